The lowest BCUT2D eigenvalue weighted by atomic mass is 10.1. The van der Waals surface area contributed by atoms with E-state index < -0.39 is 0 Å². The molecule has 1 atom stereocenters. The fraction of sp³-hybridized carbons (Fsp3) is 0.696. The van der Waals surface area contributed by atoms with Crippen LogP contribution in [0.2, 0.25) is 0 Å². The lowest BCUT2D eigenvalue weighted by molar-refractivity contribution is 0.292. The van der Waals surface area contributed by atoms with Crippen LogP contribution in [-0.4, -0.2) is 71.0 Å². The van der Waals surface area contributed by atoms with E-state index in [9.17, 15) is 0 Å². The van der Waals surface area contributed by atoms with Crippen LogP contribution in [0.4, 0.5) is 0 Å². The summed E-state index contributed by atoms with van der Waals surface area (Å²) in [6, 6.07) is 4.12. The van der Waals surface area contributed by atoms with Gasteiger partial charge in [0.05, 0.1) is 21.3 Å². The minimum Gasteiger partial charge on any atom is -0.496 e. The van der Waals surface area contributed by atoms with Crippen molar-refractivity contribution in [1.29, 1.82) is 0 Å². The minimum absolute atomic E-state index is 0. The zero-order valence-electron chi connectivity index (χ0n) is 20.4. The van der Waals surface area contributed by atoms with E-state index in [-0.39, 0.29) is 24.0 Å². The maximum atomic E-state index is 5.54. The molecule has 180 valence electrons. The topological polar surface area (TPSA) is 67.4 Å². The maximum Gasteiger partial charge on any atom is 0.191 e. The van der Waals surface area contributed by atoms with Crippen LogP contribution in [0, 0.1) is 0 Å². The molecule has 0 radical (unpaired) electrons. The van der Waals surface area contributed by atoms with E-state index in [0.717, 1.165) is 55.6 Å². The molecule has 0 heterocycles. The number of ether oxygens (including phenoxy) is 3. The first-order valence-corrected chi connectivity index (χ1v) is 11.1. The zero-order valence-corrected chi connectivity index (χ0v) is 22.7. The molecule has 0 aliphatic heterocycles. The van der Waals surface area contributed by atoms with Gasteiger partial charge in [-0.25, -0.2) is 0 Å². The molecular formula is C23H43IN4O3. The molecule has 0 amide bonds. The summed E-state index contributed by atoms with van der Waals surface area (Å²) in [6.45, 7) is 13.5. The highest BCUT2D eigenvalue weighted by Gasteiger charge is 2.13. The van der Waals surface area contributed by atoms with Gasteiger partial charge in [-0.15, -0.1) is 24.0 Å². The predicted molar refractivity (Wildman–Crippen MR) is 141 cm³/mol. The highest BCUT2D eigenvalue weighted by molar-refractivity contribution is 14.0. The van der Waals surface area contributed by atoms with Crippen molar-refractivity contribution in [2.75, 3.05) is 54.1 Å². The first kappa shape index (κ1) is 29.6. The number of halogens is 1. The second kappa shape index (κ2) is 17.2. The molecule has 0 aromatic heterocycles. The smallest absolute Gasteiger partial charge is 0.191 e. The van der Waals surface area contributed by atoms with E-state index in [1.807, 2.05) is 12.1 Å². The lowest BCUT2D eigenvalue weighted by Crippen LogP contribution is -2.42. The van der Waals surface area contributed by atoms with Gasteiger partial charge in [0, 0.05) is 36.8 Å². The average molecular weight is 551 g/mol. The summed E-state index contributed by atoms with van der Waals surface area (Å²) in [5.74, 6) is 3.07. The number of nitrogens with one attached hydrogen (secondary N) is 2. The number of benzene rings is 1. The van der Waals surface area contributed by atoms with Gasteiger partial charge in [0.25, 0.3) is 0 Å². The summed E-state index contributed by atoms with van der Waals surface area (Å²) in [4.78, 5) is 7.22. The molecule has 0 spiro atoms. The van der Waals surface area contributed by atoms with Crippen molar-refractivity contribution in [2.24, 2.45) is 4.99 Å². The lowest BCUT2D eigenvalue weighted by Gasteiger charge is -2.21. The molecule has 0 saturated heterocycles. The SMILES string of the molecule is CCNC(=NCCc1c(OC)cc(OC)cc1OC)NC(C)CCCN(CC)CC.I. The number of guanidine groups is 1. The van der Waals surface area contributed by atoms with E-state index >= 15 is 0 Å². The molecule has 0 fully saturated rings. The van der Waals surface area contributed by atoms with Gasteiger partial charge in [-0.3, -0.25) is 4.99 Å². The maximum absolute atomic E-state index is 5.54. The molecule has 2 N–H and O–H groups in total. The van der Waals surface area contributed by atoms with Gasteiger partial charge in [0.15, 0.2) is 5.96 Å². The van der Waals surface area contributed by atoms with Crippen LogP contribution in [0.1, 0.15) is 46.1 Å². The van der Waals surface area contributed by atoms with Gasteiger partial charge in [-0.2, -0.15) is 0 Å². The minimum atomic E-state index is 0. The Morgan fingerprint density at radius 2 is 1.65 bits per heavy atom. The Kier molecular flexibility index (Phi) is 16.4. The summed E-state index contributed by atoms with van der Waals surface area (Å²) >= 11 is 0. The molecular weight excluding hydrogens is 507 g/mol. The Morgan fingerprint density at radius 3 is 2.13 bits per heavy atom. The molecule has 0 saturated carbocycles. The molecule has 0 aliphatic carbocycles. The molecule has 1 aromatic rings. The van der Waals surface area contributed by atoms with Crippen molar-refractivity contribution in [3.05, 3.63) is 17.7 Å². The van der Waals surface area contributed by atoms with Gasteiger partial charge in [-0.05, 0) is 52.7 Å². The third-order valence-corrected chi connectivity index (χ3v) is 5.18. The van der Waals surface area contributed by atoms with Crippen molar-refractivity contribution in [2.45, 2.75) is 53.0 Å². The van der Waals surface area contributed by atoms with Crippen molar-refractivity contribution in [3.63, 3.8) is 0 Å². The number of rotatable bonds is 14. The Labute approximate surface area is 206 Å². The van der Waals surface area contributed by atoms with Gasteiger partial charge in [0.2, 0.25) is 0 Å². The van der Waals surface area contributed by atoms with Crippen molar-refractivity contribution in [3.8, 4) is 17.2 Å². The highest BCUT2D eigenvalue weighted by Crippen LogP contribution is 2.34. The normalized spacial score (nSPS) is 12.2. The monoisotopic (exact) mass is 550 g/mol. The van der Waals surface area contributed by atoms with Crippen LogP contribution in [0.25, 0.3) is 0 Å². The van der Waals surface area contributed by atoms with Gasteiger partial charge >= 0.3 is 0 Å². The molecule has 7 nitrogen and oxygen atoms in total. The fourth-order valence-corrected chi connectivity index (χ4v) is 3.39. The zero-order chi connectivity index (χ0) is 22.4. The van der Waals surface area contributed by atoms with E-state index in [4.69, 9.17) is 19.2 Å². The average Bonchev–Trinajstić information content (AvgIpc) is 2.76. The third-order valence-electron chi connectivity index (χ3n) is 5.18. The summed E-state index contributed by atoms with van der Waals surface area (Å²) in [5.41, 5.74) is 0.993. The van der Waals surface area contributed by atoms with Crippen LogP contribution < -0.4 is 24.8 Å². The third kappa shape index (κ3) is 10.6. The standard InChI is InChI=1S/C23H42N4O3.HI/c1-8-24-23(26-18(4)12-11-15-27(9-2)10-3)25-14-13-20-21(29-6)16-19(28-5)17-22(20)30-7;/h16-18H,8-15H2,1-7H3,(H2,24,25,26);1H. The van der Waals surface area contributed by atoms with Gasteiger partial charge < -0.3 is 29.7 Å². The summed E-state index contributed by atoms with van der Waals surface area (Å²) in [6.07, 6.45) is 3.00. The first-order valence-electron chi connectivity index (χ1n) is 11.1. The summed E-state index contributed by atoms with van der Waals surface area (Å²) in [7, 11) is 4.95. The number of nitrogens with zero attached hydrogens (tertiary/aromatic N) is 2. The molecule has 0 bridgehead atoms. The van der Waals surface area contributed by atoms with Crippen molar-refractivity contribution >= 4 is 29.9 Å². The molecule has 1 rings (SSSR count). The largest absolute Gasteiger partial charge is 0.496 e. The molecule has 31 heavy (non-hydrogen) atoms. The summed E-state index contributed by atoms with van der Waals surface area (Å²) in [5, 5.41) is 6.87. The predicted octanol–water partition coefficient (Wildman–Crippen LogP) is 3.94. The second-order valence-electron chi connectivity index (χ2n) is 7.24. The Morgan fingerprint density at radius 1 is 1.03 bits per heavy atom. The molecule has 8 heteroatoms. The quantitative estimate of drug-likeness (QED) is 0.208. The number of methoxy groups -OCH3 is 3. The first-order chi connectivity index (χ1) is 14.5. The van der Waals surface area contributed by atoms with Crippen LogP contribution in [-0.2, 0) is 6.42 Å². The van der Waals surface area contributed by atoms with E-state index in [2.05, 4.69) is 43.2 Å². The number of hydrogen-bond acceptors (Lipinski definition) is 5. The van der Waals surface area contributed by atoms with Crippen LogP contribution in [0.3, 0.4) is 0 Å². The fourth-order valence-electron chi connectivity index (χ4n) is 3.39. The van der Waals surface area contributed by atoms with Crippen LogP contribution in [0.15, 0.2) is 17.1 Å². The Balaban J connectivity index is 0.00000900. The van der Waals surface area contributed by atoms with Crippen LogP contribution in [0.5, 0.6) is 17.2 Å². The van der Waals surface area contributed by atoms with Gasteiger partial charge in [0.1, 0.15) is 17.2 Å². The number of aliphatic imine (C=N–C) groups is 1. The summed E-state index contributed by atoms with van der Waals surface area (Å²) < 4.78 is 16.4. The van der Waals surface area contributed by atoms with E-state index in [0.29, 0.717) is 24.8 Å². The molecule has 1 aromatic carbocycles. The molecule has 0 aliphatic rings. The highest BCUT2D eigenvalue weighted by atomic mass is 127. The van der Waals surface area contributed by atoms with E-state index in [1.54, 1.807) is 21.3 Å². The van der Waals surface area contributed by atoms with E-state index in [1.165, 1.54) is 6.42 Å². The van der Waals surface area contributed by atoms with Crippen molar-refractivity contribution < 1.29 is 14.2 Å². The Bertz CT molecular complexity index is 614. The van der Waals surface area contributed by atoms with Crippen molar-refractivity contribution in [1.82, 2.24) is 15.5 Å². The van der Waals surface area contributed by atoms with Gasteiger partial charge in [-0.1, -0.05) is 13.8 Å². The molecule has 1 unspecified atom stereocenters. The number of hydrogen-bond donors (Lipinski definition) is 2. The Hall–Kier alpha value is -1.42. The van der Waals surface area contributed by atoms with Crippen LogP contribution >= 0.6 is 24.0 Å². The second-order valence-corrected chi connectivity index (χ2v) is 7.24.